The highest BCUT2D eigenvalue weighted by Crippen LogP contribution is 2.31. The van der Waals surface area contributed by atoms with Crippen molar-refractivity contribution in [1.29, 1.82) is 0 Å². The zero-order chi connectivity index (χ0) is 21.2. The molecule has 30 heavy (non-hydrogen) atoms. The van der Waals surface area contributed by atoms with E-state index in [9.17, 15) is 4.79 Å². The third kappa shape index (κ3) is 7.16. The monoisotopic (exact) mass is 404 g/mol. The maximum absolute atomic E-state index is 12.4. The molecule has 0 bridgehead atoms. The van der Waals surface area contributed by atoms with Crippen molar-refractivity contribution in [3.63, 3.8) is 0 Å². The van der Waals surface area contributed by atoms with Gasteiger partial charge in [-0.2, -0.15) is 0 Å². The molecule has 1 aliphatic carbocycles. The first-order valence-electron chi connectivity index (χ1n) is 11.7. The molecular formula is C28H36O2. The van der Waals surface area contributed by atoms with Gasteiger partial charge in [-0.25, -0.2) is 4.79 Å². The van der Waals surface area contributed by atoms with Crippen molar-refractivity contribution < 1.29 is 9.53 Å². The Kier molecular flexibility index (Phi) is 8.74. The van der Waals surface area contributed by atoms with Gasteiger partial charge in [0, 0.05) is 0 Å². The van der Waals surface area contributed by atoms with Crippen LogP contribution in [0, 0.1) is 11.8 Å². The minimum Gasteiger partial charge on any atom is -0.423 e. The Morgan fingerprint density at radius 2 is 1.70 bits per heavy atom. The second-order valence-corrected chi connectivity index (χ2v) is 8.86. The number of aryl methyl sites for hydroxylation is 1. The van der Waals surface area contributed by atoms with Gasteiger partial charge in [-0.3, -0.25) is 0 Å². The fourth-order valence-electron chi connectivity index (χ4n) is 4.17. The van der Waals surface area contributed by atoms with Gasteiger partial charge in [0.25, 0.3) is 0 Å². The molecule has 0 radical (unpaired) electrons. The first-order chi connectivity index (χ1) is 14.6. The number of rotatable bonds is 9. The number of carbonyl (C=O) groups excluding carboxylic acids is 1. The summed E-state index contributed by atoms with van der Waals surface area (Å²) in [6, 6.07) is 15.5. The highest BCUT2D eigenvalue weighted by atomic mass is 16.5. The highest BCUT2D eigenvalue weighted by molar-refractivity contribution is 5.91. The Morgan fingerprint density at radius 1 is 1.00 bits per heavy atom. The first-order valence-corrected chi connectivity index (χ1v) is 11.7. The van der Waals surface area contributed by atoms with Gasteiger partial charge < -0.3 is 4.74 Å². The van der Waals surface area contributed by atoms with Crippen molar-refractivity contribution in [1.82, 2.24) is 0 Å². The number of hydrogen-bond acceptors (Lipinski definition) is 2. The molecular weight excluding hydrogens is 368 g/mol. The molecule has 0 N–H and O–H groups in total. The normalized spacial score (nSPS) is 19.1. The van der Waals surface area contributed by atoms with E-state index in [4.69, 9.17) is 4.74 Å². The summed E-state index contributed by atoms with van der Waals surface area (Å²) in [7, 11) is 0. The van der Waals surface area contributed by atoms with E-state index in [-0.39, 0.29) is 5.97 Å². The summed E-state index contributed by atoms with van der Waals surface area (Å²) in [4.78, 5) is 12.4. The van der Waals surface area contributed by atoms with E-state index in [1.807, 2.05) is 48.5 Å². The summed E-state index contributed by atoms with van der Waals surface area (Å²) in [6.07, 6.45) is 15.9. The molecule has 1 saturated carbocycles. The molecule has 0 heterocycles. The van der Waals surface area contributed by atoms with E-state index in [2.05, 4.69) is 26.0 Å². The average Bonchev–Trinajstić information content (AvgIpc) is 2.78. The lowest BCUT2D eigenvalue weighted by Gasteiger charge is -2.25. The Labute approximate surface area is 182 Å². The van der Waals surface area contributed by atoms with Crippen LogP contribution < -0.4 is 4.74 Å². The Balaban J connectivity index is 1.44. The molecule has 2 heteroatoms. The zero-order valence-electron chi connectivity index (χ0n) is 18.6. The molecule has 0 amide bonds. The average molecular weight is 405 g/mol. The van der Waals surface area contributed by atoms with Crippen LogP contribution >= 0.6 is 0 Å². The van der Waals surface area contributed by atoms with E-state index in [0.29, 0.717) is 11.3 Å². The van der Waals surface area contributed by atoms with E-state index in [1.165, 1.54) is 50.5 Å². The molecule has 2 aromatic carbocycles. The second-order valence-electron chi connectivity index (χ2n) is 8.86. The molecule has 3 rings (SSSR count). The number of allylic oxidation sites excluding steroid dienone is 1. The molecule has 1 fully saturated rings. The summed E-state index contributed by atoms with van der Waals surface area (Å²) >= 11 is 0. The number of esters is 1. The van der Waals surface area contributed by atoms with Crippen LogP contribution in [-0.2, 0) is 6.42 Å². The summed E-state index contributed by atoms with van der Waals surface area (Å²) in [5.74, 6) is 2.12. The Morgan fingerprint density at radius 3 is 2.37 bits per heavy atom. The largest absolute Gasteiger partial charge is 0.423 e. The quantitative estimate of drug-likeness (QED) is 0.314. The SMILES string of the molecule is CCCCc1ccc(OC(=O)c2ccc(/C=C/CCC3CCC(C)CC3)cc2)cc1. The number of ether oxygens (including phenoxy) is 1. The molecule has 160 valence electrons. The van der Waals surface area contributed by atoms with Crippen molar-refractivity contribution in [2.75, 3.05) is 0 Å². The van der Waals surface area contributed by atoms with Gasteiger partial charge in [0.15, 0.2) is 0 Å². The Bertz CT molecular complexity index is 794. The lowest BCUT2D eigenvalue weighted by molar-refractivity contribution is 0.0734. The number of carbonyl (C=O) groups is 1. The lowest BCUT2D eigenvalue weighted by atomic mass is 9.81. The van der Waals surface area contributed by atoms with Crippen LogP contribution in [0.3, 0.4) is 0 Å². The highest BCUT2D eigenvalue weighted by Gasteiger charge is 2.17. The van der Waals surface area contributed by atoms with Crippen LogP contribution in [0.15, 0.2) is 54.6 Å². The van der Waals surface area contributed by atoms with Gasteiger partial charge in [-0.1, -0.05) is 82.4 Å². The van der Waals surface area contributed by atoms with Gasteiger partial charge >= 0.3 is 5.97 Å². The van der Waals surface area contributed by atoms with Crippen LogP contribution in [0.25, 0.3) is 6.08 Å². The molecule has 0 spiro atoms. The maximum atomic E-state index is 12.4. The first kappa shape index (κ1) is 22.3. The number of hydrogen-bond donors (Lipinski definition) is 0. The van der Waals surface area contributed by atoms with Crippen molar-refractivity contribution in [3.05, 3.63) is 71.3 Å². The van der Waals surface area contributed by atoms with Gasteiger partial charge in [-0.05, 0) is 72.9 Å². The summed E-state index contributed by atoms with van der Waals surface area (Å²) in [5, 5.41) is 0. The molecule has 0 atom stereocenters. The fourth-order valence-corrected chi connectivity index (χ4v) is 4.17. The van der Waals surface area contributed by atoms with Gasteiger partial charge in [0.05, 0.1) is 5.56 Å². The molecule has 2 nitrogen and oxygen atoms in total. The summed E-state index contributed by atoms with van der Waals surface area (Å²) in [5.41, 5.74) is 2.99. The zero-order valence-corrected chi connectivity index (χ0v) is 18.6. The van der Waals surface area contributed by atoms with Gasteiger partial charge in [-0.15, -0.1) is 0 Å². The van der Waals surface area contributed by atoms with Crippen LogP contribution in [0.5, 0.6) is 5.75 Å². The lowest BCUT2D eigenvalue weighted by Crippen LogP contribution is -2.11. The van der Waals surface area contributed by atoms with Crippen LogP contribution in [0.1, 0.15) is 86.7 Å². The molecule has 0 unspecified atom stereocenters. The second kappa shape index (κ2) is 11.7. The van der Waals surface area contributed by atoms with Crippen molar-refractivity contribution in [2.24, 2.45) is 11.8 Å². The van der Waals surface area contributed by atoms with Crippen LogP contribution in [0.2, 0.25) is 0 Å². The van der Waals surface area contributed by atoms with Crippen molar-refractivity contribution in [2.45, 2.75) is 71.6 Å². The fraction of sp³-hybridized carbons (Fsp3) is 0.464. The van der Waals surface area contributed by atoms with E-state index < -0.39 is 0 Å². The molecule has 0 aromatic heterocycles. The maximum Gasteiger partial charge on any atom is 0.343 e. The van der Waals surface area contributed by atoms with Crippen molar-refractivity contribution in [3.8, 4) is 5.75 Å². The summed E-state index contributed by atoms with van der Waals surface area (Å²) in [6.45, 7) is 4.56. The Hall–Kier alpha value is -2.35. The molecule has 2 aromatic rings. The van der Waals surface area contributed by atoms with E-state index in [1.54, 1.807) is 0 Å². The number of unbranched alkanes of at least 4 members (excludes halogenated alkanes) is 1. The molecule has 1 aliphatic rings. The third-order valence-corrected chi connectivity index (χ3v) is 6.29. The molecule has 0 aliphatic heterocycles. The van der Waals surface area contributed by atoms with Crippen molar-refractivity contribution >= 4 is 12.0 Å². The minimum absolute atomic E-state index is 0.307. The topological polar surface area (TPSA) is 26.3 Å². The molecule has 0 saturated heterocycles. The standard InChI is InChI=1S/C28H36O2/c1-3-4-7-23-16-20-27(21-17-23)30-28(29)26-18-14-25(15-19-26)9-6-5-8-24-12-10-22(2)11-13-24/h6,9,14-22,24H,3-5,7-8,10-13H2,1-2H3/b9-6+. The minimum atomic E-state index is -0.307. The van der Waals surface area contributed by atoms with Gasteiger partial charge in [0.1, 0.15) is 5.75 Å². The third-order valence-electron chi connectivity index (χ3n) is 6.29. The van der Waals surface area contributed by atoms with E-state index >= 15 is 0 Å². The summed E-state index contributed by atoms with van der Waals surface area (Å²) < 4.78 is 5.52. The van der Waals surface area contributed by atoms with Crippen LogP contribution in [-0.4, -0.2) is 5.97 Å². The predicted octanol–water partition coefficient (Wildman–Crippen LogP) is 7.87. The number of benzene rings is 2. The predicted molar refractivity (Wildman–Crippen MR) is 126 cm³/mol. The van der Waals surface area contributed by atoms with E-state index in [0.717, 1.165) is 30.2 Å². The smallest absolute Gasteiger partial charge is 0.343 e. The van der Waals surface area contributed by atoms with Crippen LogP contribution in [0.4, 0.5) is 0 Å². The van der Waals surface area contributed by atoms with Gasteiger partial charge in [0.2, 0.25) is 0 Å².